The maximum Gasteiger partial charge on any atom is 0.227 e. The van der Waals surface area contributed by atoms with E-state index in [1.165, 1.54) is 0 Å². The zero-order valence-electron chi connectivity index (χ0n) is 12.6. The molecular weight excluding hydrogens is 298 g/mol. The molecule has 0 aliphatic rings. The van der Waals surface area contributed by atoms with Crippen LogP contribution in [0, 0.1) is 0 Å². The minimum Gasteiger partial charge on any atom is -0.495 e. The zero-order valence-corrected chi connectivity index (χ0v) is 13.5. The summed E-state index contributed by atoms with van der Waals surface area (Å²) in [4.78, 5) is 3.02. The summed E-state index contributed by atoms with van der Waals surface area (Å²) in [6.45, 7) is 0. The van der Waals surface area contributed by atoms with Crippen molar-refractivity contribution < 1.29 is 4.74 Å². The van der Waals surface area contributed by atoms with E-state index in [1.54, 1.807) is 18.4 Å². The number of nitrogen functional groups attached to an aromatic ring is 1. The molecule has 0 aliphatic carbocycles. The minimum absolute atomic E-state index is 0.331. The highest BCUT2D eigenvalue weighted by molar-refractivity contribution is 7.13. The Hall–Kier alpha value is -2.54. The highest BCUT2D eigenvalue weighted by atomic mass is 32.1. The van der Waals surface area contributed by atoms with Crippen LogP contribution in [0.3, 0.4) is 0 Å². The quantitative estimate of drug-likeness (QED) is 0.801. The van der Waals surface area contributed by atoms with Crippen molar-refractivity contribution in [2.45, 2.75) is 0 Å². The molecule has 2 aromatic heterocycles. The Balaban J connectivity index is 2.23. The van der Waals surface area contributed by atoms with Gasteiger partial charge in [0.2, 0.25) is 5.95 Å². The Morgan fingerprint density at radius 3 is 2.68 bits per heavy atom. The molecular formula is C15H17N5OS. The van der Waals surface area contributed by atoms with Gasteiger partial charge in [0.1, 0.15) is 5.75 Å². The minimum atomic E-state index is 0.331. The maximum atomic E-state index is 6.05. The van der Waals surface area contributed by atoms with Gasteiger partial charge in [0.05, 0.1) is 17.7 Å². The van der Waals surface area contributed by atoms with Gasteiger partial charge < -0.3 is 15.4 Å². The molecule has 0 unspecified atom stereocenters. The molecule has 6 nitrogen and oxygen atoms in total. The lowest BCUT2D eigenvalue weighted by atomic mass is 10.2. The number of hydrogen-bond acceptors (Lipinski definition) is 6. The van der Waals surface area contributed by atoms with E-state index in [0.29, 0.717) is 11.8 Å². The molecule has 0 radical (unpaired) electrons. The van der Waals surface area contributed by atoms with Crippen LogP contribution in [0.2, 0.25) is 0 Å². The number of anilines is 2. The predicted octanol–water partition coefficient (Wildman–Crippen LogP) is 2.65. The summed E-state index contributed by atoms with van der Waals surface area (Å²) in [6.07, 6.45) is 0. The van der Waals surface area contributed by atoms with Gasteiger partial charge in [-0.25, -0.2) is 0 Å². The van der Waals surface area contributed by atoms with Crippen molar-refractivity contribution in [1.82, 2.24) is 14.8 Å². The van der Waals surface area contributed by atoms with Crippen molar-refractivity contribution in [2.24, 2.45) is 0 Å². The summed E-state index contributed by atoms with van der Waals surface area (Å²) in [7, 11) is 5.61. The van der Waals surface area contributed by atoms with Gasteiger partial charge >= 0.3 is 0 Å². The van der Waals surface area contributed by atoms with Crippen molar-refractivity contribution in [3.8, 4) is 22.1 Å². The number of nitrogens with two attached hydrogens (primary N) is 1. The van der Waals surface area contributed by atoms with Crippen LogP contribution < -0.4 is 15.4 Å². The molecule has 0 saturated heterocycles. The van der Waals surface area contributed by atoms with Crippen molar-refractivity contribution in [2.75, 3.05) is 31.8 Å². The molecule has 1 aromatic carbocycles. The van der Waals surface area contributed by atoms with E-state index in [-0.39, 0.29) is 0 Å². The first-order valence-corrected chi connectivity index (χ1v) is 7.60. The van der Waals surface area contributed by atoms with E-state index in [9.17, 15) is 0 Å². The lowest BCUT2D eigenvalue weighted by Crippen LogP contribution is -2.10. The summed E-state index contributed by atoms with van der Waals surface area (Å²) >= 11 is 1.59. The SMILES string of the molecule is COc1ccc(N(C)C)cc1-n1c(N)nnc1-c1cccs1. The summed E-state index contributed by atoms with van der Waals surface area (Å²) < 4.78 is 7.30. The number of aromatic nitrogens is 3. The highest BCUT2D eigenvalue weighted by Crippen LogP contribution is 2.34. The number of nitrogens with zero attached hydrogens (tertiary/aromatic N) is 4. The fourth-order valence-corrected chi connectivity index (χ4v) is 2.93. The maximum absolute atomic E-state index is 6.05. The Bertz CT molecular complexity index is 779. The molecule has 7 heteroatoms. The number of rotatable bonds is 4. The third kappa shape index (κ3) is 2.39. The van der Waals surface area contributed by atoms with E-state index in [0.717, 1.165) is 22.0 Å². The summed E-state index contributed by atoms with van der Waals surface area (Å²) in [6, 6.07) is 9.89. The van der Waals surface area contributed by atoms with E-state index in [4.69, 9.17) is 10.5 Å². The number of hydrogen-bond donors (Lipinski definition) is 1. The van der Waals surface area contributed by atoms with Crippen molar-refractivity contribution in [1.29, 1.82) is 0 Å². The molecule has 0 aliphatic heterocycles. The lowest BCUT2D eigenvalue weighted by Gasteiger charge is -2.17. The van der Waals surface area contributed by atoms with Crippen LogP contribution in [0.25, 0.3) is 16.4 Å². The summed E-state index contributed by atoms with van der Waals surface area (Å²) in [5, 5.41) is 10.2. The molecule has 3 aromatic rings. The molecule has 0 atom stereocenters. The zero-order chi connectivity index (χ0) is 15.7. The van der Waals surface area contributed by atoms with E-state index >= 15 is 0 Å². The summed E-state index contributed by atoms with van der Waals surface area (Å²) in [5.41, 5.74) is 7.92. The van der Waals surface area contributed by atoms with Gasteiger partial charge in [-0.2, -0.15) is 0 Å². The van der Waals surface area contributed by atoms with E-state index in [2.05, 4.69) is 10.2 Å². The number of methoxy groups -OCH3 is 1. The van der Waals surface area contributed by atoms with Gasteiger partial charge in [-0.15, -0.1) is 21.5 Å². The Morgan fingerprint density at radius 1 is 1.23 bits per heavy atom. The van der Waals surface area contributed by atoms with Gasteiger partial charge in [0, 0.05) is 19.8 Å². The first-order valence-electron chi connectivity index (χ1n) is 6.72. The Labute approximate surface area is 132 Å². The van der Waals surface area contributed by atoms with Crippen LogP contribution >= 0.6 is 11.3 Å². The second-order valence-corrected chi connectivity index (χ2v) is 5.89. The van der Waals surface area contributed by atoms with Crippen LogP contribution in [0.15, 0.2) is 35.7 Å². The molecule has 3 rings (SSSR count). The molecule has 2 N–H and O–H groups in total. The predicted molar refractivity (Wildman–Crippen MR) is 90.0 cm³/mol. The topological polar surface area (TPSA) is 69.2 Å². The molecule has 0 fully saturated rings. The van der Waals surface area contributed by atoms with E-state index < -0.39 is 0 Å². The van der Waals surface area contributed by atoms with Crippen molar-refractivity contribution >= 4 is 23.0 Å². The molecule has 22 heavy (non-hydrogen) atoms. The van der Waals surface area contributed by atoms with Crippen LogP contribution in [0.4, 0.5) is 11.6 Å². The van der Waals surface area contributed by atoms with Crippen LogP contribution in [-0.2, 0) is 0 Å². The van der Waals surface area contributed by atoms with Crippen LogP contribution in [0.1, 0.15) is 0 Å². The number of benzene rings is 1. The van der Waals surface area contributed by atoms with E-state index in [1.807, 2.05) is 59.3 Å². The van der Waals surface area contributed by atoms with Gasteiger partial charge in [-0.05, 0) is 29.6 Å². The molecule has 0 amide bonds. The van der Waals surface area contributed by atoms with Crippen LogP contribution in [0.5, 0.6) is 5.75 Å². The Morgan fingerprint density at radius 2 is 2.05 bits per heavy atom. The third-order valence-corrected chi connectivity index (χ3v) is 4.22. The van der Waals surface area contributed by atoms with Crippen molar-refractivity contribution in [3.63, 3.8) is 0 Å². The number of ether oxygens (including phenoxy) is 1. The first kappa shape index (κ1) is 14.4. The molecule has 0 spiro atoms. The second-order valence-electron chi connectivity index (χ2n) is 4.95. The second kappa shape index (κ2) is 5.69. The van der Waals surface area contributed by atoms with Crippen molar-refractivity contribution in [3.05, 3.63) is 35.7 Å². The third-order valence-electron chi connectivity index (χ3n) is 3.35. The smallest absolute Gasteiger partial charge is 0.227 e. The first-order chi connectivity index (χ1) is 10.6. The van der Waals surface area contributed by atoms with Gasteiger partial charge in [-0.1, -0.05) is 6.07 Å². The standard InChI is InChI=1S/C15H17N5OS/c1-19(2)10-6-7-12(21-3)11(9-10)20-14(17-18-15(20)16)13-5-4-8-22-13/h4-9H,1-3H3,(H2,16,18). The lowest BCUT2D eigenvalue weighted by molar-refractivity contribution is 0.413. The normalized spacial score (nSPS) is 10.7. The molecule has 2 heterocycles. The molecule has 114 valence electrons. The average molecular weight is 315 g/mol. The fraction of sp³-hybridized carbons (Fsp3) is 0.200. The molecule has 0 saturated carbocycles. The van der Waals surface area contributed by atoms with Gasteiger partial charge in [0.15, 0.2) is 5.82 Å². The Kier molecular flexibility index (Phi) is 3.72. The fourth-order valence-electron chi connectivity index (χ4n) is 2.23. The van der Waals surface area contributed by atoms with Crippen LogP contribution in [-0.4, -0.2) is 36.0 Å². The van der Waals surface area contributed by atoms with Gasteiger partial charge in [-0.3, -0.25) is 4.57 Å². The monoisotopic (exact) mass is 315 g/mol. The average Bonchev–Trinajstić information content (AvgIpc) is 3.15. The molecule has 0 bridgehead atoms. The van der Waals surface area contributed by atoms with Gasteiger partial charge in [0.25, 0.3) is 0 Å². The largest absolute Gasteiger partial charge is 0.495 e. The summed E-state index contributed by atoms with van der Waals surface area (Å²) in [5.74, 6) is 1.76. The highest BCUT2D eigenvalue weighted by Gasteiger charge is 2.18. The number of thiophene rings is 1.